The lowest BCUT2D eigenvalue weighted by Crippen LogP contribution is -2.47. The van der Waals surface area contributed by atoms with Crippen LogP contribution in [0, 0.1) is 13.8 Å². The van der Waals surface area contributed by atoms with Gasteiger partial charge in [-0.15, -0.1) is 6.58 Å². The Balaban J connectivity index is 1.52. The quantitative estimate of drug-likeness (QED) is 0.526. The SMILES string of the molecule is C=CCN1C(=O)N[C@H](c2ccc(C)cc2C)C2=C1CN([C@H](C(=O)NC[C@@H]1CCCO1)c1ccccc1)C2=O. The molecule has 0 radical (unpaired) electrons. The maximum absolute atomic E-state index is 14.2. The summed E-state index contributed by atoms with van der Waals surface area (Å²) >= 11 is 0. The van der Waals surface area contributed by atoms with E-state index in [9.17, 15) is 14.4 Å². The third-order valence-corrected chi connectivity index (χ3v) is 7.50. The van der Waals surface area contributed by atoms with E-state index < -0.39 is 12.1 Å². The highest BCUT2D eigenvalue weighted by atomic mass is 16.5. The monoisotopic (exact) mass is 514 g/mol. The predicted octanol–water partition coefficient (Wildman–Crippen LogP) is 3.69. The molecule has 3 aliphatic rings. The summed E-state index contributed by atoms with van der Waals surface area (Å²) in [6.45, 7) is 9.28. The highest BCUT2D eigenvalue weighted by Gasteiger charge is 2.47. The van der Waals surface area contributed by atoms with Gasteiger partial charge in [0.1, 0.15) is 6.04 Å². The molecule has 1 saturated heterocycles. The molecule has 0 aromatic heterocycles. The van der Waals surface area contributed by atoms with E-state index >= 15 is 0 Å². The minimum Gasteiger partial charge on any atom is -0.376 e. The third kappa shape index (κ3) is 4.84. The molecule has 38 heavy (non-hydrogen) atoms. The molecule has 3 heterocycles. The maximum Gasteiger partial charge on any atom is 0.322 e. The van der Waals surface area contributed by atoms with Gasteiger partial charge in [0.2, 0.25) is 5.91 Å². The molecule has 198 valence electrons. The van der Waals surface area contributed by atoms with E-state index in [1.807, 2.05) is 62.4 Å². The smallest absolute Gasteiger partial charge is 0.322 e. The van der Waals surface area contributed by atoms with Crippen LogP contribution in [0.3, 0.4) is 0 Å². The molecule has 0 spiro atoms. The molecule has 3 aliphatic heterocycles. The van der Waals surface area contributed by atoms with Crippen LogP contribution < -0.4 is 10.6 Å². The first-order valence-corrected chi connectivity index (χ1v) is 13.1. The van der Waals surface area contributed by atoms with Crippen LogP contribution in [-0.4, -0.2) is 60.0 Å². The second-order valence-corrected chi connectivity index (χ2v) is 10.1. The molecule has 8 nitrogen and oxygen atoms in total. The van der Waals surface area contributed by atoms with Gasteiger partial charge in [-0.1, -0.05) is 60.2 Å². The summed E-state index contributed by atoms with van der Waals surface area (Å²) in [6, 6.07) is 13.5. The van der Waals surface area contributed by atoms with Crippen LogP contribution in [0.25, 0.3) is 0 Å². The molecule has 0 aliphatic carbocycles. The normalized spacial score (nSPS) is 21.8. The van der Waals surface area contributed by atoms with Gasteiger partial charge >= 0.3 is 6.03 Å². The first-order valence-electron chi connectivity index (χ1n) is 13.1. The molecular weight excluding hydrogens is 480 g/mol. The number of carbonyl (C=O) groups excluding carboxylic acids is 3. The molecule has 4 amide bonds. The van der Waals surface area contributed by atoms with E-state index in [1.54, 1.807) is 15.9 Å². The van der Waals surface area contributed by atoms with Gasteiger partial charge in [-0.2, -0.15) is 0 Å². The summed E-state index contributed by atoms with van der Waals surface area (Å²) in [7, 11) is 0. The molecule has 1 fully saturated rings. The van der Waals surface area contributed by atoms with Crippen LogP contribution in [0.2, 0.25) is 0 Å². The minimum atomic E-state index is -0.851. The number of nitrogens with zero attached hydrogens (tertiary/aromatic N) is 2. The van der Waals surface area contributed by atoms with Crippen molar-refractivity contribution in [3.8, 4) is 0 Å². The Labute approximate surface area is 223 Å². The fraction of sp³-hybridized carbons (Fsp3) is 0.367. The highest BCUT2D eigenvalue weighted by molar-refractivity contribution is 6.04. The van der Waals surface area contributed by atoms with E-state index in [1.165, 1.54) is 0 Å². The Morgan fingerprint density at radius 3 is 2.68 bits per heavy atom. The molecule has 2 N–H and O–H groups in total. The number of rotatable bonds is 8. The molecule has 0 unspecified atom stereocenters. The summed E-state index contributed by atoms with van der Waals surface area (Å²) in [5, 5.41) is 6.05. The highest BCUT2D eigenvalue weighted by Crippen LogP contribution is 2.40. The Bertz CT molecular complexity index is 1280. The van der Waals surface area contributed by atoms with Crippen molar-refractivity contribution in [1.82, 2.24) is 20.4 Å². The maximum atomic E-state index is 14.2. The van der Waals surface area contributed by atoms with Gasteiger partial charge < -0.3 is 20.3 Å². The average Bonchev–Trinajstić information content (AvgIpc) is 3.54. The zero-order valence-electron chi connectivity index (χ0n) is 21.9. The lowest BCUT2D eigenvalue weighted by atomic mass is 9.91. The van der Waals surface area contributed by atoms with Crippen molar-refractivity contribution >= 4 is 17.8 Å². The number of carbonyl (C=O) groups is 3. The molecule has 2 aromatic carbocycles. The Kier molecular flexibility index (Phi) is 7.33. The third-order valence-electron chi connectivity index (χ3n) is 7.50. The summed E-state index contributed by atoms with van der Waals surface area (Å²) < 4.78 is 5.68. The van der Waals surface area contributed by atoms with Gasteiger partial charge in [0.25, 0.3) is 5.91 Å². The van der Waals surface area contributed by atoms with E-state index in [0.717, 1.165) is 29.5 Å². The van der Waals surface area contributed by atoms with Crippen LogP contribution in [0.4, 0.5) is 4.79 Å². The van der Waals surface area contributed by atoms with Gasteiger partial charge in [-0.3, -0.25) is 14.5 Å². The first-order chi connectivity index (χ1) is 18.4. The van der Waals surface area contributed by atoms with Crippen molar-refractivity contribution in [2.75, 3.05) is 26.2 Å². The van der Waals surface area contributed by atoms with Crippen molar-refractivity contribution in [2.24, 2.45) is 0 Å². The second kappa shape index (κ2) is 10.8. The Morgan fingerprint density at radius 1 is 1.21 bits per heavy atom. The van der Waals surface area contributed by atoms with E-state index in [4.69, 9.17) is 4.74 Å². The standard InChI is InChI=1S/C30H34N4O4/c1-4-14-33-24-18-34(27(21-9-6-5-7-10-21)28(35)31-17-22-11-8-15-38-22)29(36)25(24)26(32-30(33)37)23-13-12-19(2)16-20(23)3/h4-7,9-10,12-13,16,22,26-27H,1,8,11,14-15,17-18H2,2-3H3,(H,31,35)(H,32,37)/t22-,26+,27-/m0/s1. The number of hydrogen-bond acceptors (Lipinski definition) is 4. The topological polar surface area (TPSA) is 91.0 Å². The van der Waals surface area contributed by atoms with E-state index in [2.05, 4.69) is 17.2 Å². The predicted molar refractivity (Wildman–Crippen MR) is 144 cm³/mol. The van der Waals surface area contributed by atoms with Crippen LogP contribution in [0.5, 0.6) is 0 Å². The number of nitrogens with one attached hydrogen (secondary N) is 2. The second-order valence-electron chi connectivity index (χ2n) is 10.1. The lowest BCUT2D eigenvalue weighted by Gasteiger charge is -2.33. The number of ether oxygens (including phenoxy) is 1. The molecule has 0 saturated carbocycles. The molecule has 5 rings (SSSR count). The van der Waals surface area contributed by atoms with E-state index in [0.29, 0.717) is 30.0 Å². The first kappa shape index (κ1) is 25.7. The number of amides is 4. The largest absolute Gasteiger partial charge is 0.376 e. The summed E-state index contributed by atoms with van der Waals surface area (Å²) in [4.78, 5) is 44.2. The number of hydrogen-bond donors (Lipinski definition) is 2. The van der Waals surface area contributed by atoms with Crippen LogP contribution in [0.15, 0.2) is 72.5 Å². The van der Waals surface area contributed by atoms with E-state index in [-0.39, 0.29) is 37.0 Å². The molecule has 3 atom stereocenters. The van der Waals surface area contributed by atoms with Crippen molar-refractivity contribution < 1.29 is 19.1 Å². The fourth-order valence-electron chi connectivity index (χ4n) is 5.65. The molecule has 0 bridgehead atoms. The summed E-state index contributed by atoms with van der Waals surface area (Å²) in [5.41, 5.74) is 4.76. The zero-order valence-corrected chi connectivity index (χ0v) is 21.9. The minimum absolute atomic E-state index is 0.0187. The lowest BCUT2D eigenvalue weighted by molar-refractivity contribution is -0.137. The van der Waals surface area contributed by atoms with Gasteiger partial charge in [-0.25, -0.2) is 4.79 Å². The summed E-state index contributed by atoms with van der Waals surface area (Å²) in [5.74, 6) is -0.530. The van der Waals surface area contributed by atoms with Crippen molar-refractivity contribution in [2.45, 2.75) is 44.9 Å². The molecule has 8 heteroatoms. The Morgan fingerprint density at radius 2 is 2.00 bits per heavy atom. The van der Waals surface area contributed by atoms with Crippen LogP contribution >= 0.6 is 0 Å². The zero-order chi connectivity index (χ0) is 26.8. The van der Waals surface area contributed by atoms with Crippen molar-refractivity contribution in [1.29, 1.82) is 0 Å². The fourth-order valence-corrected chi connectivity index (χ4v) is 5.65. The average molecular weight is 515 g/mol. The van der Waals surface area contributed by atoms with Crippen molar-refractivity contribution in [3.63, 3.8) is 0 Å². The molecule has 2 aromatic rings. The van der Waals surface area contributed by atoms with Gasteiger partial charge in [0, 0.05) is 19.7 Å². The number of aryl methyl sites for hydroxylation is 2. The summed E-state index contributed by atoms with van der Waals surface area (Å²) in [6.07, 6.45) is 3.49. The Hall–Kier alpha value is -3.91. The van der Waals surface area contributed by atoms with Crippen molar-refractivity contribution in [3.05, 3.63) is 94.7 Å². The molecular formula is C30H34N4O4. The van der Waals surface area contributed by atoms with Gasteiger partial charge in [-0.05, 0) is 43.4 Å². The van der Waals surface area contributed by atoms with Gasteiger partial charge in [0.05, 0.1) is 30.0 Å². The van der Waals surface area contributed by atoms with Gasteiger partial charge in [0.15, 0.2) is 0 Å². The van der Waals surface area contributed by atoms with Crippen LogP contribution in [-0.2, 0) is 14.3 Å². The van der Waals surface area contributed by atoms with Crippen LogP contribution in [0.1, 0.15) is 47.2 Å². The number of urea groups is 1. The number of benzene rings is 2.